The Hall–Kier alpha value is -2.08. The molecule has 0 aromatic rings. The lowest BCUT2D eigenvalue weighted by atomic mass is 10.1. The van der Waals surface area contributed by atoms with Crippen molar-refractivity contribution in [3.05, 3.63) is 96.2 Å². The minimum Gasteiger partial charge on any atom is -0.0988 e. The molecule has 0 rings (SSSR count). The standard InChI is InChI=1S/2C15H24/c2*1-6-14(4)10-8-12-15(5)11-7-9-13(2)3/h2*6,9,12H,1,4,7-8,10-11H2,2-3,5H3/b2*15-12+. The molecule has 0 bridgehead atoms. The predicted octanol–water partition coefficient (Wildman–Crippen LogP) is 10.4. The molecule has 0 fully saturated rings. The Balaban J connectivity index is 0. The molecule has 0 aromatic carbocycles. The van der Waals surface area contributed by atoms with Gasteiger partial charge in [0.1, 0.15) is 0 Å². The smallest absolute Gasteiger partial charge is 0.0250 e. The van der Waals surface area contributed by atoms with Gasteiger partial charge in [-0.2, -0.15) is 0 Å². The van der Waals surface area contributed by atoms with Gasteiger partial charge >= 0.3 is 0 Å². The summed E-state index contributed by atoms with van der Waals surface area (Å²) in [5, 5.41) is 0. The number of allylic oxidation sites excluding steroid dienone is 12. The van der Waals surface area contributed by atoms with Crippen molar-refractivity contribution < 1.29 is 0 Å². The van der Waals surface area contributed by atoms with Crippen molar-refractivity contribution >= 4 is 0 Å². The molecule has 0 aliphatic carbocycles. The summed E-state index contributed by atoms with van der Waals surface area (Å²) >= 11 is 0. The molecule has 0 saturated carbocycles. The zero-order valence-electron chi connectivity index (χ0n) is 20.9. The van der Waals surface area contributed by atoms with Crippen molar-refractivity contribution in [1.29, 1.82) is 0 Å². The van der Waals surface area contributed by atoms with Gasteiger partial charge in [0.15, 0.2) is 0 Å². The van der Waals surface area contributed by atoms with Gasteiger partial charge in [-0.25, -0.2) is 0 Å². The van der Waals surface area contributed by atoms with Crippen LogP contribution in [0.15, 0.2) is 96.2 Å². The number of hydrogen-bond donors (Lipinski definition) is 0. The Labute approximate surface area is 189 Å². The first-order valence-corrected chi connectivity index (χ1v) is 11.3. The second-order valence-corrected chi connectivity index (χ2v) is 8.54. The lowest BCUT2D eigenvalue weighted by molar-refractivity contribution is 0.928. The van der Waals surface area contributed by atoms with E-state index in [-0.39, 0.29) is 0 Å². The highest BCUT2D eigenvalue weighted by atomic mass is 14.0. The molecule has 0 nitrogen and oxygen atoms in total. The van der Waals surface area contributed by atoms with E-state index in [0.717, 1.165) is 49.7 Å². The Morgan fingerprint density at radius 2 is 0.800 bits per heavy atom. The first kappa shape index (κ1) is 30.1. The maximum absolute atomic E-state index is 3.90. The average Bonchev–Trinajstić information content (AvgIpc) is 2.67. The van der Waals surface area contributed by atoms with Crippen molar-refractivity contribution in [3.63, 3.8) is 0 Å². The third kappa shape index (κ3) is 24.0. The fourth-order valence-electron chi connectivity index (χ4n) is 2.59. The average molecular weight is 409 g/mol. The van der Waals surface area contributed by atoms with Gasteiger partial charge in [-0.05, 0) is 92.9 Å². The molecular weight excluding hydrogens is 360 g/mol. The van der Waals surface area contributed by atoms with Crippen LogP contribution in [0.25, 0.3) is 0 Å². The molecule has 0 saturated heterocycles. The van der Waals surface area contributed by atoms with Crippen LogP contribution < -0.4 is 0 Å². The summed E-state index contributed by atoms with van der Waals surface area (Å²) in [5.74, 6) is 0. The molecule has 0 aliphatic rings. The Morgan fingerprint density at radius 3 is 1.07 bits per heavy atom. The largest absolute Gasteiger partial charge is 0.0988 e. The Bertz CT molecular complexity index is 578. The molecule has 0 N–H and O–H groups in total. The van der Waals surface area contributed by atoms with Gasteiger partial charge in [0.25, 0.3) is 0 Å². The monoisotopic (exact) mass is 408 g/mol. The van der Waals surface area contributed by atoms with Crippen LogP contribution >= 0.6 is 0 Å². The predicted molar refractivity (Wildman–Crippen MR) is 142 cm³/mol. The van der Waals surface area contributed by atoms with Crippen molar-refractivity contribution in [1.82, 2.24) is 0 Å². The minimum absolute atomic E-state index is 1.03. The van der Waals surface area contributed by atoms with Crippen LogP contribution in [0.5, 0.6) is 0 Å². The molecule has 0 spiro atoms. The van der Waals surface area contributed by atoms with E-state index in [4.69, 9.17) is 0 Å². The Morgan fingerprint density at radius 1 is 0.500 bits per heavy atom. The van der Waals surface area contributed by atoms with Crippen LogP contribution in [0, 0.1) is 0 Å². The van der Waals surface area contributed by atoms with Crippen molar-refractivity contribution in [2.75, 3.05) is 0 Å². The second-order valence-electron chi connectivity index (χ2n) is 8.54. The quantitative estimate of drug-likeness (QED) is 0.198. The van der Waals surface area contributed by atoms with E-state index >= 15 is 0 Å². The highest BCUT2D eigenvalue weighted by molar-refractivity contribution is 5.13. The van der Waals surface area contributed by atoms with Gasteiger partial charge in [0.2, 0.25) is 0 Å². The van der Waals surface area contributed by atoms with Crippen LogP contribution in [-0.2, 0) is 0 Å². The molecule has 0 aliphatic heterocycles. The van der Waals surface area contributed by atoms with E-state index in [0.29, 0.717) is 0 Å². The third-order valence-corrected chi connectivity index (χ3v) is 4.68. The highest BCUT2D eigenvalue weighted by Gasteiger charge is 1.91. The molecule has 0 unspecified atom stereocenters. The summed E-state index contributed by atoms with van der Waals surface area (Å²) in [6.45, 7) is 28.2. The summed E-state index contributed by atoms with van der Waals surface area (Å²) in [6.07, 6.45) is 21.8. The van der Waals surface area contributed by atoms with Crippen LogP contribution in [0.4, 0.5) is 0 Å². The molecule has 168 valence electrons. The molecule has 0 radical (unpaired) electrons. The van der Waals surface area contributed by atoms with E-state index in [1.165, 1.54) is 35.1 Å². The van der Waals surface area contributed by atoms with E-state index in [2.05, 4.69) is 92.2 Å². The van der Waals surface area contributed by atoms with E-state index in [1.807, 2.05) is 12.2 Å². The van der Waals surface area contributed by atoms with Crippen LogP contribution in [-0.4, -0.2) is 0 Å². The fraction of sp³-hybridized carbons (Fsp3) is 0.467. The molecule has 0 heteroatoms. The lowest BCUT2D eigenvalue weighted by Gasteiger charge is -2.00. The molecular formula is C30H48. The van der Waals surface area contributed by atoms with Gasteiger partial charge < -0.3 is 0 Å². The summed E-state index contributed by atoms with van der Waals surface area (Å²) < 4.78 is 0. The first-order valence-electron chi connectivity index (χ1n) is 11.3. The fourth-order valence-corrected chi connectivity index (χ4v) is 2.59. The topological polar surface area (TPSA) is 0 Å². The summed E-state index contributed by atoms with van der Waals surface area (Å²) in [7, 11) is 0. The zero-order chi connectivity index (χ0) is 23.4. The molecule has 0 atom stereocenters. The second kappa shape index (κ2) is 20.2. The number of hydrogen-bond acceptors (Lipinski definition) is 0. The SMILES string of the molecule is C=CC(=C)CC/C=C(\C)CCC=C(C)C.C=CC(=C)CC/C=C(\C)CCC=C(C)C. The maximum Gasteiger partial charge on any atom is -0.0250 e. The maximum atomic E-state index is 3.90. The van der Waals surface area contributed by atoms with Gasteiger partial charge in [0, 0.05) is 0 Å². The third-order valence-electron chi connectivity index (χ3n) is 4.68. The van der Waals surface area contributed by atoms with Crippen molar-refractivity contribution in [3.8, 4) is 0 Å². The van der Waals surface area contributed by atoms with Crippen LogP contribution in [0.1, 0.15) is 92.9 Å². The molecule has 30 heavy (non-hydrogen) atoms. The van der Waals surface area contributed by atoms with Gasteiger partial charge in [-0.1, -0.05) is 96.2 Å². The van der Waals surface area contributed by atoms with Gasteiger partial charge in [-0.15, -0.1) is 0 Å². The van der Waals surface area contributed by atoms with Crippen LogP contribution in [0.3, 0.4) is 0 Å². The van der Waals surface area contributed by atoms with E-state index in [9.17, 15) is 0 Å². The Kier molecular flexibility index (Phi) is 20.3. The zero-order valence-corrected chi connectivity index (χ0v) is 20.9. The van der Waals surface area contributed by atoms with E-state index in [1.54, 1.807) is 0 Å². The van der Waals surface area contributed by atoms with Gasteiger partial charge in [0.05, 0.1) is 0 Å². The normalized spacial score (nSPS) is 11.0. The first-order chi connectivity index (χ1) is 14.1. The molecule has 0 heterocycles. The number of rotatable bonds is 14. The summed E-state index contributed by atoms with van der Waals surface area (Å²) in [4.78, 5) is 0. The van der Waals surface area contributed by atoms with Crippen molar-refractivity contribution in [2.24, 2.45) is 0 Å². The van der Waals surface area contributed by atoms with Gasteiger partial charge in [-0.3, -0.25) is 0 Å². The summed E-state index contributed by atoms with van der Waals surface area (Å²) in [5.41, 5.74) is 8.02. The molecule has 0 aromatic heterocycles. The van der Waals surface area contributed by atoms with Crippen molar-refractivity contribution in [2.45, 2.75) is 92.9 Å². The minimum atomic E-state index is 1.03. The highest BCUT2D eigenvalue weighted by Crippen LogP contribution is 2.12. The van der Waals surface area contributed by atoms with Crippen LogP contribution in [0.2, 0.25) is 0 Å². The molecule has 0 amide bonds. The lowest BCUT2D eigenvalue weighted by Crippen LogP contribution is -1.79. The summed E-state index contributed by atoms with van der Waals surface area (Å²) in [6, 6.07) is 0. The van der Waals surface area contributed by atoms with E-state index < -0.39 is 0 Å².